The van der Waals surface area contributed by atoms with Gasteiger partial charge in [-0.25, -0.2) is 4.39 Å². The lowest BCUT2D eigenvalue weighted by atomic mass is 10.0. The molecule has 0 bridgehead atoms. The summed E-state index contributed by atoms with van der Waals surface area (Å²) < 4.78 is 23.9. The number of carbonyl (C=O) groups is 2. The van der Waals surface area contributed by atoms with Gasteiger partial charge in [-0.1, -0.05) is 64.4 Å². The Morgan fingerprint density at radius 1 is 0.907 bits per heavy atom. The van der Waals surface area contributed by atoms with Crippen molar-refractivity contribution in [3.63, 3.8) is 0 Å². The first-order chi connectivity index (χ1) is 20.7. The fraction of sp³-hybridized carbons (Fsp3) is 0.429. The van der Waals surface area contributed by atoms with Crippen LogP contribution in [0.15, 0.2) is 78.9 Å². The lowest BCUT2D eigenvalue weighted by Gasteiger charge is -2.27. The molecule has 0 heterocycles. The van der Waals surface area contributed by atoms with Gasteiger partial charge >= 0.3 is 0 Å². The number of amides is 2. The van der Waals surface area contributed by atoms with Crippen molar-refractivity contribution in [3.05, 3.63) is 90.2 Å². The Labute approximate surface area is 256 Å². The molecular formula is C35H48FN3O4. The van der Waals surface area contributed by atoms with E-state index in [1.807, 2.05) is 37.3 Å². The van der Waals surface area contributed by atoms with Crippen LogP contribution in [0, 0.1) is 17.7 Å². The Hall–Kier alpha value is -3.75. The predicted molar refractivity (Wildman–Crippen MR) is 172 cm³/mol. The smallest absolute Gasteiger partial charge is 0.234 e. The van der Waals surface area contributed by atoms with E-state index in [1.165, 1.54) is 25.0 Å². The molecule has 0 aromatic heterocycles. The normalized spacial score (nSPS) is 12.2. The van der Waals surface area contributed by atoms with Gasteiger partial charge in [0, 0.05) is 24.8 Å². The van der Waals surface area contributed by atoms with E-state index in [1.54, 1.807) is 36.4 Å². The second kappa shape index (κ2) is 20.2. The second-order valence-corrected chi connectivity index (χ2v) is 11.3. The molecule has 0 radical (unpaired) electrons. The number of carbonyl (C=O) groups excluding carboxylic acids is 2. The molecule has 3 aromatic rings. The topological polar surface area (TPSA) is 79.9 Å². The summed E-state index contributed by atoms with van der Waals surface area (Å²) in [5.74, 6) is 2.14. The van der Waals surface area contributed by atoms with Gasteiger partial charge < -0.3 is 20.1 Å². The van der Waals surface area contributed by atoms with E-state index in [0.29, 0.717) is 55.2 Å². The lowest BCUT2D eigenvalue weighted by Crippen LogP contribution is -2.44. The third-order valence-corrected chi connectivity index (χ3v) is 6.36. The van der Waals surface area contributed by atoms with E-state index < -0.39 is 0 Å². The third kappa shape index (κ3) is 15.9. The molecule has 0 saturated carbocycles. The van der Waals surface area contributed by atoms with Crippen LogP contribution in [0.2, 0.25) is 0 Å². The standard InChI is InChI=1S/C22H38N2O2.C13H10FNO2/c1-6-10-19(4)14-24(13-18(2)3)15-22(25)23-20(5)16-26-17-21-11-8-7-9-12-21;14-10-1-5-12(6-2-10)17-13-7-3-11(4-8-13)15-9-16/h7-9,11-12,18-20H,6,10,13-17H2,1-5H3,(H,23,25);1-9H,(H,15,16)/t19-,20?;/m0./s1. The van der Waals surface area contributed by atoms with Gasteiger partial charge in [-0.05, 0) is 79.3 Å². The molecule has 7 nitrogen and oxygen atoms in total. The van der Waals surface area contributed by atoms with Crippen LogP contribution < -0.4 is 15.4 Å². The Bertz CT molecular complexity index is 1170. The summed E-state index contributed by atoms with van der Waals surface area (Å²) in [5, 5.41) is 5.59. The molecule has 0 spiro atoms. The molecule has 2 N–H and O–H groups in total. The molecule has 234 valence electrons. The van der Waals surface area contributed by atoms with Gasteiger partial charge in [0.05, 0.1) is 19.8 Å². The van der Waals surface area contributed by atoms with Crippen molar-refractivity contribution in [2.75, 3.05) is 31.6 Å². The maximum atomic E-state index is 12.7. The van der Waals surface area contributed by atoms with Crippen molar-refractivity contribution < 1.29 is 23.5 Å². The third-order valence-electron chi connectivity index (χ3n) is 6.36. The average molecular weight is 594 g/mol. The zero-order valence-corrected chi connectivity index (χ0v) is 26.2. The maximum Gasteiger partial charge on any atom is 0.234 e. The SMILES string of the molecule is CCC[C@H](C)CN(CC(=O)NC(C)COCc1ccccc1)CC(C)C.O=CNc1ccc(Oc2ccc(F)cc2)cc1. The molecule has 8 heteroatoms. The van der Waals surface area contributed by atoms with Gasteiger partial charge in [-0.3, -0.25) is 14.5 Å². The van der Waals surface area contributed by atoms with Gasteiger partial charge in [-0.15, -0.1) is 0 Å². The average Bonchev–Trinajstić information content (AvgIpc) is 2.96. The number of benzene rings is 3. The Balaban J connectivity index is 0.000000326. The van der Waals surface area contributed by atoms with Crippen molar-refractivity contribution >= 4 is 18.0 Å². The Morgan fingerprint density at radius 2 is 1.53 bits per heavy atom. The van der Waals surface area contributed by atoms with Crippen molar-refractivity contribution in [2.45, 2.75) is 60.1 Å². The molecule has 2 atom stereocenters. The van der Waals surface area contributed by atoms with Gasteiger partial charge in [-0.2, -0.15) is 0 Å². The van der Waals surface area contributed by atoms with Crippen molar-refractivity contribution in [1.29, 1.82) is 0 Å². The fourth-order valence-corrected chi connectivity index (χ4v) is 4.56. The van der Waals surface area contributed by atoms with E-state index in [0.717, 1.165) is 18.7 Å². The molecule has 0 aliphatic heterocycles. The van der Waals surface area contributed by atoms with Crippen LogP contribution in [0.3, 0.4) is 0 Å². The first-order valence-corrected chi connectivity index (χ1v) is 15.1. The molecular weight excluding hydrogens is 545 g/mol. The van der Waals surface area contributed by atoms with Gasteiger partial charge in [0.15, 0.2) is 0 Å². The van der Waals surface area contributed by atoms with Crippen molar-refractivity contribution in [3.8, 4) is 11.5 Å². The number of hydrogen-bond donors (Lipinski definition) is 2. The van der Waals surface area contributed by atoms with E-state index in [2.05, 4.69) is 43.2 Å². The van der Waals surface area contributed by atoms with Gasteiger partial charge in [0.2, 0.25) is 12.3 Å². The highest BCUT2D eigenvalue weighted by Crippen LogP contribution is 2.23. The van der Waals surface area contributed by atoms with Crippen molar-refractivity contribution in [2.24, 2.45) is 11.8 Å². The summed E-state index contributed by atoms with van der Waals surface area (Å²) in [4.78, 5) is 24.9. The summed E-state index contributed by atoms with van der Waals surface area (Å²) >= 11 is 0. The molecule has 0 aliphatic carbocycles. The number of nitrogens with one attached hydrogen (secondary N) is 2. The first-order valence-electron chi connectivity index (χ1n) is 15.1. The van der Waals surface area contributed by atoms with Crippen LogP contribution >= 0.6 is 0 Å². The Kier molecular flexibility index (Phi) is 16.7. The number of anilines is 1. The highest BCUT2D eigenvalue weighted by Gasteiger charge is 2.16. The van der Waals surface area contributed by atoms with E-state index in [9.17, 15) is 14.0 Å². The molecule has 0 aliphatic rings. The predicted octanol–water partition coefficient (Wildman–Crippen LogP) is 7.29. The summed E-state index contributed by atoms with van der Waals surface area (Å²) in [7, 11) is 0. The highest BCUT2D eigenvalue weighted by molar-refractivity contribution is 5.78. The highest BCUT2D eigenvalue weighted by atomic mass is 19.1. The quantitative estimate of drug-likeness (QED) is 0.161. The first kappa shape index (κ1) is 35.4. The molecule has 3 rings (SSSR count). The summed E-state index contributed by atoms with van der Waals surface area (Å²) in [6, 6.07) is 22.7. The van der Waals surface area contributed by atoms with Gasteiger partial charge in [0.25, 0.3) is 0 Å². The minimum atomic E-state index is -0.303. The summed E-state index contributed by atoms with van der Waals surface area (Å²) in [6.45, 7) is 14.4. The Morgan fingerprint density at radius 3 is 2.12 bits per heavy atom. The maximum absolute atomic E-state index is 12.7. The molecule has 2 amide bonds. The van der Waals surface area contributed by atoms with Crippen LogP contribution in [0.25, 0.3) is 0 Å². The zero-order valence-electron chi connectivity index (χ0n) is 26.2. The molecule has 3 aromatic carbocycles. The van der Waals surface area contributed by atoms with Crippen LogP contribution in [0.1, 0.15) is 53.0 Å². The van der Waals surface area contributed by atoms with Crippen LogP contribution in [-0.4, -0.2) is 49.5 Å². The lowest BCUT2D eigenvalue weighted by molar-refractivity contribution is -0.123. The summed E-state index contributed by atoms with van der Waals surface area (Å²) in [5.41, 5.74) is 1.84. The minimum absolute atomic E-state index is 0.0141. The number of nitrogens with zero attached hydrogens (tertiary/aromatic N) is 1. The van der Waals surface area contributed by atoms with Crippen molar-refractivity contribution in [1.82, 2.24) is 10.2 Å². The molecule has 43 heavy (non-hydrogen) atoms. The molecule has 0 fully saturated rings. The number of halogens is 1. The van der Waals surface area contributed by atoms with Crippen LogP contribution in [0.4, 0.5) is 10.1 Å². The number of ether oxygens (including phenoxy) is 2. The molecule has 0 saturated heterocycles. The van der Waals surface area contributed by atoms with E-state index >= 15 is 0 Å². The summed E-state index contributed by atoms with van der Waals surface area (Å²) in [6.07, 6.45) is 3.01. The monoisotopic (exact) mass is 593 g/mol. The van der Waals surface area contributed by atoms with Crippen LogP contribution in [-0.2, 0) is 20.9 Å². The van der Waals surface area contributed by atoms with E-state index in [-0.39, 0.29) is 17.8 Å². The van der Waals surface area contributed by atoms with Crippen LogP contribution in [0.5, 0.6) is 11.5 Å². The van der Waals surface area contributed by atoms with E-state index in [4.69, 9.17) is 9.47 Å². The largest absolute Gasteiger partial charge is 0.457 e. The van der Waals surface area contributed by atoms with Gasteiger partial charge in [0.1, 0.15) is 17.3 Å². The number of hydrogen-bond acceptors (Lipinski definition) is 5. The second-order valence-electron chi connectivity index (χ2n) is 11.3. The fourth-order valence-electron chi connectivity index (χ4n) is 4.56. The minimum Gasteiger partial charge on any atom is -0.457 e. The zero-order chi connectivity index (χ0) is 31.5. The number of rotatable bonds is 17. The molecule has 1 unspecified atom stereocenters.